The average Bonchev–Trinajstić information content (AvgIpc) is 2.26. The van der Waals surface area contributed by atoms with Crippen molar-refractivity contribution in [2.45, 2.75) is 6.10 Å². The number of nitrogens with two attached hydrogens (primary N) is 1. The first-order valence-electron chi connectivity index (χ1n) is 5.08. The number of hydrogen-bond donors (Lipinski definition) is 2. The second-order valence-corrected chi connectivity index (χ2v) is 3.55. The highest BCUT2D eigenvalue weighted by atomic mass is 19.1. The number of nitrogen functional groups attached to an aromatic ring is 1. The quantitative estimate of drug-likeness (QED) is 0.749. The lowest BCUT2D eigenvalue weighted by molar-refractivity contribution is 0.0365. The molecule has 1 rings (SSSR count). The van der Waals surface area contributed by atoms with Crippen LogP contribution in [0, 0.1) is 11.6 Å². The summed E-state index contributed by atoms with van der Waals surface area (Å²) < 4.78 is 36.7. The van der Waals surface area contributed by atoms with Gasteiger partial charge in [0, 0.05) is 26.5 Å². The van der Waals surface area contributed by atoms with Gasteiger partial charge < -0.3 is 20.5 Å². The van der Waals surface area contributed by atoms with Gasteiger partial charge in [-0.25, -0.2) is 8.78 Å². The lowest BCUT2D eigenvalue weighted by Crippen LogP contribution is -2.27. The highest BCUT2D eigenvalue weighted by Crippen LogP contribution is 2.21. The van der Waals surface area contributed by atoms with Crippen LogP contribution in [-0.4, -0.2) is 33.5 Å². The third-order valence-corrected chi connectivity index (χ3v) is 2.26. The van der Waals surface area contributed by atoms with E-state index in [1.807, 2.05) is 0 Å². The molecule has 0 bridgehead atoms. The maximum Gasteiger partial charge on any atom is 0.151 e. The summed E-state index contributed by atoms with van der Waals surface area (Å²) in [4.78, 5) is 0. The fourth-order valence-corrected chi connectivity index (χ4v) is 1.37. The monoisotopic (exact) mass is 246 g/mol. The van der Waals surface area contributed by atoms with E-state index in [1.54, 1.807) is 0 Å². The van der Waals surface area contributed by atoms with Gasteiger partial charge in [-0.3, -0.25) is 0 Å². The van der Waals surface area contributed by atoms with Crippen molar-refractivity contribution in [3.05, 3.63) is 23.8 Å². The van der Waals surface area contributed by atoms with Gasteiger partial charge in [0.2, 0.25) is 0 Å². The molecule has 96 valence electrons. The van der Waals surface area contributed by atoms with Gasteiger partial charge in [-0.05, 0) is 12.1 Å². The normalized spacial score (nSPS) is 12.5. The van der Waals surface area contributed by atoms with E-state index >= 15 is 0 Å². The number of rotatable bonds is 6. The van der Waals surface area contributed by atoms with Crippen molar-refractivity contribution in [2.75, 3.05) is 38.4 Å². The van der Waals surface area contributed by atoms with Crippen LogP contribution in [0.25, 0.3) is 0 Å². The van der Waals surface area contributed by atoms with E-state index in [4.69, 9.17) is 15.2 Å². The number of halogens is 2. The number of methoxy groups -OCH3 is 2. The Bertz CT molecular complexity index is 351. The van der Waals surface area contributed by atoms with E-state index in [1.165, 1.54) is 14.2 Å². The molecule has 0 heterocycles. The van der Waals surface area contributed by atoms with Gasteiger partial charge >= 0.3 is 0 Å². The maximum atomic E-state index is 13.4. The molecule has 1 atom stereocenters. The fourth-order valence-electron chi connectivity index (χ4n) is 1.37. The van der Waals surface area contributed by atoms with Gasteiger partial charge in [-0.2, -0.15) is 0 Å². The Kier molecular flexibility index (Phi) is 5.11. The first-order valence-corrected chi connectivity index (χ1v) is 5.08. The Morgan fingerprint density at radius 3 is 2.35 bits per heavy atom. The van der Waals surface area contributed by atoms with Crippen LogP contribution in [-0.2, 0) is 9.47 Å². The van der Waals surface area contributed by atoms with Crippen LogP contribution in [0.15, 0.2) is 12.1 Å². The molecule has 0 fully saturated rings. The highest BCUT2D eigenvalue weighted by molar-refractivity contribution is 5.54. The van der Waals surface area contributed by atoms with Gasteiger partial charge in [0.1, 0.15) is 5.69 Å². The zero-order valence-corrected chi connectivity index (χ0v) is 9.80. The smallest absolute Gasteiger partial charge is 0.151 e. The summed E-state index contributed by atoms with van der Waals surface area (Å²) >= 11 is 0. The van der Waals surface area contributed by atoms with Crippen LogP contribution in [0.4, 0.5) is 20.2 Å². The van der Waals surface area contributed by atoms with Gasteiger partial charge in [0.15, 0.2) is 11.6 Å². The Morgan fingerprint density at radius 2 is 1.88 bits per heavy atom. The average molecular weight is 246 g/mol. The molecule has 1 unspecified atom stereocenters. The number of hydrogen-bond acceptors (Lipinski definition) is 4. The standard InChI is InChI=1S/C11H16F2N2O2/c1-16-6-8(17-2)5-15-11-9(12)3-7(14)4-10(11)13/h3-4,8,15H,5-6,14H2,1-2H3. The van der Waals surface area contributed by atoms with Crippen molar-refractivity contribution < 1.29 is 18.3 Å². The molecule has 0 saturated carbocycles. The molecule has 3 N–H and O–H groups in total. The molecular formula is C11H16F2N2O2. The van der Waals surface area contributed by atoms with E-state index in [-0.39, 0.29) is 24.0 Å². The Labute approximate surface area is 98.7 Å². The predicted molar refractivity (Wildman–Crippen MR) is 61.9 cm³/mol. The van der Waals surface area contributed by atoms with Crippen LogP contribution in [0.1, 0.15) is 0 Å². The largest absolute Gasteiger partial charge is 0.399 e. The third kappa shape index (κ3) is 3.83. The Morgan fingerprint density at radius 1 is 1.29 bits per heavy atom. The molecule has 0 saturated heterocycles. The number of anilines is 2. The summed E-state index contributed by atoms with van der Waals surface area (Å²) in [6.07, 6.45) is -0.281. The summed E-state index contributed by atoms with van der Waals surface area (Å²) in [5.41, 5.74) is 5.14. The minimum Gasteiger partial charge on any atom is -0.399 e. The molecule has 0 aliphatic heterocycles. The zero-order chi connectivity index (χ0) is 12.8. The summed E-state index contributed by atoms with van der Waals surface area (Å²) in [6, 6.07) is 2.12. The number of ether oxygens (including phenoxy) is 2. The van der Waals surface area contributed by atoms with E-state index < -0.39 is 11.6 Å². The van der Waals surface area contributed by atoms with Crippen LogP contribution in [0.2, 0.25) is 0 Å². The van der Waals surface area contributed by atoms with Crippen LogP contribution in [0.5, 0.6) is 0 Å². The number of nitrogens with one attached hydrogen (secondary N) is 1. The van der Waals surface area contributed by atoms with Crippen molar-refractivity contribution in [2.24, 2.45) is 0 Å². The molecule has 0 amide bonds. The highest BCUT2D eigenvalue weighted by Gasteiger charge is 2.12. The summed E-state index contributed by atoms with van der Waals surface area (Å²) in [7, 11) is 3.03. The molecule has 0 spiro atoms. The minimum absolute atomic E-state index is 0.0470. The molecule has 0 aromatic heterocycles. The molecule has 1 aromatic carbocycles. The molecule has 0 aliphatic rings. The molecule has 1 aromatic rings. The van der Waals surface area contributed by atoms with Crippen LogP contribution < -0.4 is 11.1 Å². The first-order chi connectivity index (χ1) is 8.08. The van der Waals surface area contributed by atoms with Crippen molar-refractivity contribution in [3.8, 4) is 0 Å². The molecule has 4 nitrogen and oxygen atoms in total. The third-order valence-electron chi connectivity index (χ3n) is 2.26. The minimum atomic E-state index is -0.727. The summed E-state index contributed by atoms with van der Waals surface area (Å²) in [5, 5.41) is 2.63. The van der Waals surface area contributed by atoms with Gasteiger partial charge in [0.25, 0.3) is 0 Å². The number of benzene rings is 1. The summed E-state index contributed by atoms with van der Waals surface area (Å²) in [5.74, 6) is -1.45. The SMILES string of the molecule is COCC(CNc1c(F)cc(N)cc1F)OC. The lowest BCUT2D eigenvalue weighted by atomic mass is 10.2. The van der Waals surface area contributed by atoms with E-state index in [0.717, 1.165) is 12.1 Å². The van der Waals surface area contributed by atoms with Crippen molar-refractivity contribution in [1.82, 2.24) is 0 Å². The van der Waals surface area contributed by atoms with Crippen molar-refractivity contribution >= 4 is 11.4 Å². The van der Waals surface area contributed by atoms with E-state index in [2.05, 4.69) is 5.32 Å². The molecular weight excluding hydrogens is 230 g/mol. The fraction of sp³-hybridized carbons (Fsp3) is 0.455. The van der Waals surface area contributed by atoms with Crippen molar-refractivity contribution in [3.63, 3.8) is 0 Å². The van der Waals surface area contributed by atoms with Crippen LogP contribution >= 0.6 is 0 Å². The lowest BCUT2D eigenvalue weighted by Gasteiger charge is -2.16. The predicted octanol–water partition coefficient (Wildman–Crippen LogP) is 1.62. The molecule has 6 heteroatoms. The summed E-state index contributed by atoms with van der Waals surface area (Å²) in [6.45, 7) is 0.573. The first kappa shape index (κ1) is 13.7. The zero-order valence-electron chi connectivity index (χ0n) is 9.80. The topological polar surface area (TPSA) is 56.5 Å². The van der Waals surface area contributed by atoms with E-state index in [0.29, 0.717) is 6.61 Å². The maximum absolute atomic E-state index is 13.4. The van der Waals surface area contributed by atoms with Crippen molar-refractivity contribution in [1.29, 1.82) is 0 Å². The second-order valence-electron chi connectivity index (χ2n) is 3.55. The van der Waals surface area contributed by atoms with Crippen LogP contribution in [0.3, 0.4) is 0 Å². The van der Waals surface area contributed by atoms with Gasteiger partial charge in [-0.15, -0.1) is 0 Å². The molecule has 17 heavy (non-hydrogen) atoms. The van der Waals surface area contributed by atoms with Gasteiger partial charge in [-0.1, -0.05) is 0 Å². The second kappa shape index (κ2) is 6.36. The molecule has 0 aliphatic carbocycles. The van der Waals surface area contributed by atoms with E-state index in [9.17, 15) is 8.78 Å². The van der Waals surface area contributed by atoms with Gasteiger partial charge in [0.05, 0.1) is 12.7 Å². The Balaban J connectivity index is 2.68. The Hall–Kier alpha value is -1.40. The molecule has 0 radical (unpaired) electrons.